The van der Waals surface area contributed by atoms with Crippen LogP contribution in [-0.4, -0.2) is 37.8 Å². The summed E-state index contributed by atoms with van der Waals surface area (Å²) in [7, 11) is 5.35. The zero-order valence-corrected chi connectivity index (χ0v) is 13.1. The van der Waals surface area contributed by atoms with Crippen LogP contribution in [0.5, 0.6) is 0 Å². The van der Waals surface area contributed by atoms with Crippen molar-refractivity contribution < 1.29 is 0 Å². The lowest BCUT2D eigenvalue weighted by Crippen LogP contribution is -2.18. The summed E-state index contributed by atoms with van der Waals surface area (Å²) in [6.07, 6.45) is 2.91. The van der Waals surface area contributed by atoms with Gasteiger partial charge in [0.1, 0.15) is 15.1 Å². The van der Waals surface area contributed by atoms with Crippen molar-refractivity contribution in [2.24, 2.45) is 0 Å². The molecule has 0 nitrogen and oxygen atoms in total. The van der Waals surface area contributed by atoms with Gasteiger partial charge in [-0.2, -0.15) is 0 Å². The molecule has 0 bridgehead atoms. The van der Waals surface area contributed by atoms with Crippen LogP contribution in [0.25, 0.3) is 0 Å². The summed E-state index contributed by atoms with van der Waals surface area (Å²) in [5.74, 6) is 0. The molecule has 2 atom stereocenters. The fourth-order valence-electron chi connectivity index (χ4n) is 0.971. The van der Waals surface area contributed by atoms with E-state index in [0.29, 0.717) is 10.3 Å². The molecule has 0 amide bonds. The molecule has 4 heteroatoms. The Hall–Kier alpha value is 0.990. The summed E-state index contributed by atoms with van der Waals surface area (Å²) in [5, 5.41) is 1.09. The van der Waals surface area contributed by atoms with E-state index in [1.54, 1.807) is 0 Å². The van der Waals surface area contributed by atoms with E-state index < -0.39 is 0 Å². The first kappa shape index (κ1) is 15.0. The molecule has 14 heavy (non-hydrogen) atoms. The van der Waals surface area contributed by atoms with Gasteiger partial charge in [0.2, 0.25) is 0 Å². The normalized spacial score (nSPS) is 17.9. The molecule has 0 aliphatic rings. The molecule has 0 aliphatic carbocycles. The highest BCUT2D eigenvalue weighted by atomic mass is 31.1. The highest BCUT2D eigenvalue weighted by Crippen LogP contribution is 2.51. The Morgan fingerprint density at radius 1 is 0.714 bits per heavy atom. The maximum Gasteiger partial charge on any atom is 0.134 e. The third-order valence-corrected chi connectivity index (χ3v) is 9.78. The summed E-state index contributed by atoms with van der Waals surface area (Å²) in [6, 6.07) is 0. The first-order valence-corrected chi connectivity index (χ1v) is 9.42. The largest absolute Gasteiger partial charge is 0.143 e. The first-order chi connectivity index (χ1) is 6.05. The molecule has 0 fully saturated rings. The van der Waals surface area contributed by atoms with Crippen LogP contribution in [0.1, 0.15) is 41.5 Å². The van der Waals surface area contributed by atoms with E-state index in [1.807, 2.05) is 0 Å². The number of hydrogen-bond donors (Lipinski definition) is 0. The lowest BCUT2D eigenvalue weighted by Gasteiger charge is -2.33. The Morgan fingerprint density at radius 3 is 1.07 bits per heavy atom. The summed E-state index contributed by atoms with van der Waals surface area (Å²) in [4.78, 5) is 0. The molecule has 2 unspecified atom stereocenters. The van der Waals surface area contributed by atoms with Crippen molar-refractivity contribution in [2.45, 2.75) is 51.9 Å². The van der Waals surface area contributed by atoms with Gasteiger partial charge >= 0.3 is 0 Å². The van der Waals surface area contributed by atoms with Crippen molar-refractivity contribution in [2.75, 3.05) is 12.3 Å². The van der Waals surface area contributed by atoms with Crippen molar-refractivity contribution in [1.82, 2.24) is 0 Å². The van der Waals surface area contributed by atoms with Gasteiger partial charge in [0.05, 0.1) is 0 Å². The molecule has 0 aromatic heterocycles. The minimum Gasteiger partial charge on any atom is -0.143 e. The van der Waals surface area contributed by atoms with E-state index in [0.717, 1.165) is 0 Å². The Balaban J connectivity index is 3.96. The molecule has 0 radical (unpaired) electrons. The van der Waals surface area contributed by atoms with Crippen LogP contribution in [0.4, 0.5) is 0 Å². The van der Waals surface area contributed by atoms with Gasteiger partial charge in [-0.15, -0.1) is 15.6 Å². The predicted molar refractivity (Wildman–Crippen MR) is 80.2 cm³/mol. The van der Waals surface area contributed by atoms with E-state index in [9.17, 15) is 0 Å². The standard InChI is InChI=1S/C10H26B2P2/c1-9(2,3)13(11)7-8-14(12)10(4,5)6/h7-8,11-12H2,1-6H3. The maximum atomic E-state index is 2.46. The zero-order valence-electron chi connectivity index (χ0n) is 11.3. The van der Waals surface area contributed by atoms with Crippen molar-refractivity contribution in [3.05, 3.63) is 0 Å². The van der Waals surface area contributed by atoms with Crippen LogP contribution >= 0.6 is 15.6 Å². The summed E-state index contributed by atoms with van der Waals surface area (Å²) < 4.78 is 0. The van der Waals surface area contributed by atoms with Gasteiger partial charge in [-0.05, 0) is 22.6 Å². The molecule has 0 rings (SSSR count). The summed E-state index contributed by atoms with van der Waals surface area (Å²) in [6.45, 7) is 14.3. The third-order valence-electron chi connectivity index (χ3n) is 3.06. The summed E-state index contributed by atoms with van der Waals surface area (Å²) >= 11 is 0. The molecule has 0 heterocycles. The Bertz CT molecular complexity index is 150. The minimum absolute atomic E-state index is 0.215. The van der Waals surface area contributed by atoms with Crippen molar-refractivity contribution >= 4 is 30.7 Å². The predicted octanol–water partition coefficient (Wildman–Crippen LogP) is 2.64. The topological polar surface area (TPSA) is 0 Å². The van der Waals surface area contributed by atoms with Crippen molar-refractivity contribution in [3.8, 4) is 0 Å². The highest BCUT2D eigenvalue weighted by Gasteiger charge is 2.23. The van der Waals surface area contributed by atoms with Crippen LogP contribution in [-0.2, 0) is 0 Å². The van der Waals surface area contributed by atoms with E-state index in [-0.39, 0.29) is 15.6 Å². The number of rotatable bonds is 3. The molecule has 82 valence electrons. The molecule has 0 aromatic carbocycles. The third kappa shape index (κ3) is 5.77. The second kappa shape index (κ2) is 5.36. The second-order valence-electron chi connectivity index (χ2n) is 6.18. The van der Waals surface area contributed by atoms with E-state index in [2.05, 4.69) is 56.7 Å². The fraction of sp³-hybridized carbons (Fsp3) is 1.00. The minimum atomic E-state index is 0.215. The van der Waals surface area contributed by atoms with Gasteiger partial charge in [0.25, 0.3) is 0 Å². The van der Waals surface area contributed by atoms with Crippen molar-refractivity contribution in [3.63, 3.8) is 0 Å². The van der Waals surface area contributed by atoms with Gasteiger partial charge in [0.15, 0.2) is 0 Å². The van der Waals surface area contributed by atoms with E-state index in [4.69, 9.17) is 0 Å². The Kier molecular flexibility index (Phi) is 5.74. The molecule has 0 N–H and O–H groups in total. The van der Waals surface area contributed by atoms with Crippen LogP contribution in [0.3, 0.4) is 0 Å². The lowest BCUT2D eigenvalue weighted by molar-refractivity contribution is 0.784. The average Bonchev–Trinajstić information content (AvgIpc) is 1.95. The summed E-state index contributed by atoms with van der Waals surface area (Å²) in [5.41, 5.74) is 0. The van der Waals surface area contributed by atoms with Crippen LogP contribution in [0, 0.1) is 0 Å². The van der Waals surface area contributed by atoms with Gasteiger partial charge in [-0.25, -0.2) is 0 Å². The Morgan fingerprint density at radius 2 is 0.929 bits per heavy atom. The fourth-order valence-corrected chi connectivity index (χ4v) is 4.71. The molecule has 0 saturated carbocycles. The highest BCUT2D eigenvalue weighted by molar-refractivity contribution is 7.86. The zero-order chi connectivity index (χ0) is 11.6. The molecule has 0 spiro atoms. The Labute approximate surface area is 95.2 Å². The lowest BCUT2D eigenvalue weighted by atomic mass is 10.3. The quantitative estimate of drug-likeness (QED) is 0.516. The van der Waals surface area contributed by atoms with E-state index in [1.165, 1.54) is 12.3 Å². The SMILES string of the molecule is BP(CCP(B)C(C)(C)C)C(C)(C)C. The van der Waals surface area contributed by atoms with Crippen LogP contribution < -0.4 is 0 Å². The van der Waals surface area contributed by atoms with Crippen LogP contribution in [0.15, 0.2) is 0 Å². The van der Waals surface area contributed by atoms with E-state index >= 15 is 0 Å². The van der Waals surface area contributed by atoms with Crippen LogP contribution in [0.2, 0.25) is 0 Å². The maximum absolute atomic E-state index is 2.46. The number of hydrogen-bond acceptors (Lipinski definition) is 0. The smallest absolute Gasteiger partial charge is 0.134 e. The molecule has 0 saturated heterocycles. The molecule has 0 aliphatic heterocycles. The van der Waals surface area contributed by atoms with Gasteiger partial charge in [0, 0.05) is 0 Å². The second-order valence-corrected chi connectivity index (χ2v) is 12.6. The molecule has 0 aromatic rings. The molecular formula is C10H26B2P2. The monoisotopic (exact) mass is 230 g/mol. The molecular weight excluding hydrogens is 204 g/mol. The van der Waals surface area contributed by atoms with Gasteiger partial charge in [-0.3, -0.25) is 0 Å². The van der Waals surface area contributed by atoms with Gasteiger partial charge < -0.3 is 0 Å². The average molecular weight is 230 g/mol. The first-order valence-electron chi connectivity index (χ1n) is 5.47. The van der Waals surface area contributed by atoms with Gasteiger partial charge in [-0.1, -0.05) is 41.5 Å². The van der Waals surface area contributed by atoms with Crippen molar-refractivity contribution in [1.29, 1.82) is 0 Å².